The molecule has 0 fully saturated rings. The lowest BCUT2D eigenvalue weighted by atomic mass is 9.80. The second-order valence-corrected chi connectivity index (χ2v) is 13.7. The number of hydrogen-bond acceptors (Lipinski definition) is 3. The summed E-state index contributed by atoms with van der Waals surface area (Å²) in [5.74, 6) is 0.714. The van der Waals surface area contributed by atoms with E-state index in [0.29, 0.717) is 5.82 Å². The lowest BCUT2D eigenvalue weighted by molar-refractivity contribution is 0.666. The van der Waals surface area contributed by atoms with E-state index in [9.17, 15) is 0 Å². The summed E-state index contributed by atoms with van der Waals surface area (Å²) in [5, 5.41) is 4.97. The molecule has 1 aliphatic rings. The van der Waals surface area contributed by atoms with Crippen LogP contribution in [0.5, 0.6) is 0 Å². The van der Waals surface area contributed by atoms with Crippen LogP contribution >= 0.6 is 0 Å². The molecule has 4 heteroatoms. The highest BCUT2D eigenvalue weighted by Gasteiger charge is 2.39. The lowest BCUT2D eigenvalue weighted by Gasteiger charge is -2.23. The quantitative estimate of drug-likeness (QED) is 0.192. The van der Waals surface area contributed by atoms with Crippen LogP contribution < -0.4 is 0 Å². The zero-order valence-electron chi connectivity index (χ0n) is 27.8. The van der Waals surface area contributed by atoms with Crippen molar-refractivity contribution in [3.63, 3.8) is 0 Å². The molecule has 0 saturated carbocycles. The van der Waals surface area contributed by atoms with E-state index in [1.54, 1.807) is 0 Å². The van der Waals surface area contributed by atoms with Crippen molar-refractivity contribution in [3.8, 4) is 50.7 Å². The predicted octanol–water partition coefficient (Wildman–Crippen LogP) is 11.4. The number of aromatic nitrogens is 4. The molecule has 3 aromatic heterocycles. The number of para-hydroxylation sites is 1. The summed E-state index contributed by atoms with van der Waals surface area (Å²) in [6, 6.07) is 51.4. The Morgan fingerprint density at radius 2 is 1.20 bits per heavy atom. The molecular formula is C46H32N4. The van der Waals surface area contributed by atoms with Crippen LogP contribution in [-0.4, -0.2) is 19.5 Å². The first-order chi connectivity index (χ1) is 24.6. The topological polar surface area (TPSA) is 43.6 Å². The highest BCUT2D eigenvalue weighted by Crippen LogP contribution is 2.56. The number of pyridine rings is 1. The largest absolute Gasteiger partial charge is 0.309 e. The Morgan fingerprint density at radius 1 is 0.560 bits per heavy atom. The van der Waals surface area contributed by atoms with Gasteiger partial charge in [0.25, 0.3) is 0 Å². The molecule has 0 amide bonds. The van der Waals surface area contributed by atoms with E-state index >= 15 is 0 Å². The highest BCUT2D eigenvalue weighted by atomic mass is 15.0. The van der Waals surface area contributed by atoms with E-state index in [0.717, 1.165) is 33.8 Å². The van der Waals surface area contributed by atoms with Crippen molar-refractivity contribution in [3.05, 3.63) is 169 Å². The van der Waals surface area contributed by atoms with Gasteiger partial charge in [-0.3, -0.25) is 4.98 Å². The second-order valence-electron chi connectivity index (χ2n) is 13.7. The van der Waals surface area contributed by atoms with Gasteiger partial charge in [-0.15, -0.1) is 0 Å². The molecule has 10 rings (SSSR count). The second kappa shape index (κ2) is 10.8. The average Bonchev–Trinajstić information content (AvgIpc) is 3.65. The van der Waals surface area contributed by atoms with E-state index < -0.39 is 0 Å². The maximum absolute atomic E-state index is 5.09. The number of benzene rings is 6. The number of nitrogens with zero attached hydrogens (tertiary/aromatic N) is 4. The number of fused-ring (bicyclic) bond motifs is 10. The first-order valence-corrected chi connectivity index (χ1v) is 17.1. The normalized spacial score (nSPS) is 13.2. The fourth-order valence-corrected chi connectivity index (χ4v) is 8.22. The average molecular weight is 641 g/mol. The third-order valence-electron chi connectivity index (χ3n) is 10.5. The van der Waals surface area contributed by atoms with E-state index in [2.05, 4.69) is 151 Å². The van der Waals surface area contributed by atoms with Crippen molar-refractivity contribution in [2.75, 3.05) is 0 Å². The van der Waals surface area contributed by atoms with Crippen LogP contribution in [0.3, 0.4) is 0 Å². The summed E-state index contributed by atoms with van der Waals surface area (Å²) in [6.45, 7) is 4.71. The van der Waals surface area contributed by atoms with Crippen LogP contribution in [0.4, 0.5) is 0 Å². The Balaban J connectivity index is 1.22. The van der Waals surface area contributed by atoms with Crippen molar-refractivity contribution in [1.82, 2.24) is 19.5 Å². The standard InChI is InChI=1S/C46H32N4/c1-46(2)37-19-11-9-17-34(37)42-43(46)36-28-47-26-25-33(36)41-35-18-10-12-20-40(35)50(44(41)42)32-23-21-30(22-24-32)39-27-38(29-13-5-3-6-14-29)48-45(49-39)31-15-7-4-8-16-31/h3-28H,1-2H3. The van der Waals surface area contributed by atoms with Gasteiger partial charge in [0.1, 0.15) is 0 Å². The summed E-state index contributed by atoms with van der Waals surface area (Å²) < 4.78 is 2.47. The summed E-state index contributed by atoms with van der Waals surface area (Å²) in [7, 11) is 0. The predicted molar refractivity (Wildman–Crippen MR) is 206 cm³/mol. The summed E-state index contributed by atoms with van der Waals surface area (Å²) in [5.41, 5.74) is 13.6. The molecule has 4 nitrogen and oxygen atoms in total. The fourth-order valence-electron chi connectivity index (χ4n) is 8.22. The van der Waals surface area contributed by atoms with E-state index in [1.165, 1.54) is 54.8 Å². The van der Waals surface area contributed by atoms with Gasteiger partial charge >= 0.3 is 0 Å². The van der Waals surface area contributed by atoms with E-state index in [4.69, 9.17) is 9.97 Å². The molecule has 9 aromatic rings. The van der Waals surface area contributed by atoms with Gasteiger partial charge < -0.3 is 4.57 Å². The Labute approximate surface area is 290 Å². The zero-order valence-corrected chi connectivity index (χ0v) is 27.8. The van der Waals surface area contributed by atoms with Crippen LogP contribution in [0.15, 0.2) is 158 Å². The molecule has 0 radical (unpaired) electrons. The van der Waals surface area contributed by atoms with Gasteiger partial charge in [-0.05, 0) is 52.4 Å². The van der Waals surface area contributed by atoms with Gasteiger partial charge in [0, 0.05) is 61.9 Å². The highest BCUT2D eigenvalue weighted by molar-refractivity contribution is 6.27. The number of rotatable bonds is 4. The molecular weight excluding hydrogens is 609 g/mol. The van der Waals surface area contributed by atoms with Crippen LogP contribution in [0, 0.1) is 0 Å². The molecule has 0 bridgehead atoms. The molecule has 236 valence electrons. The van der Waals surface area contributed by atoms with E-state index in [-0.39, 0.29) is 5.41 Å². The lowest BCUT2D eigenvalue weighted by Crippen LogP contribution is -2.15. The zero-order chi connectivity index (χ0) is 33.4. The van der Waals surface area contributed by atoms with Crippen LogP contribution in [-0.2, 0) is 5.41 Å². The Kier molecular flexibility index (Phi) is 6.19. The molecule has 0 atom stereocenters. The van der Waals surface area contributed by atoms with Crippen LogP contribution in [0.2, 0.25) is 0 Å². The smallest absolute Gasteiger partial charge is 0.160 e. The first kappa shape index (κ1) is 28.6. The van der Waals surface area contributed by atoms with Gasteiger partial charge in [0.05, 0.1) is 22.4 Å². The molecule has 0 unspecified atom stereocenters. The minimum atomic E-state index is -0.174. The molecule has 3 heterocycles. The Hall–Kier alpha value is -6.39. The fraction of sp³-hybridized carbons (Fsp3) is 0.0652. The Morgan fingerprint density at radius 3 is 1.96 bits per heavy atom. The van der Waals surface area contributed by atoms with Crippen molar-refractivity contribution in [1.29, 1.82) is 0 Å². The SMILES string of the molecule is CC1(C)c2ccccc2-c2c1c1cnccc1c1c3ccccc3n(-c3ccc(-c4cc(-c5ccccc5)nc(-c5ccccc5)n4)cc3)c21. The minimum Gasteiger partial charge on any atom is -0.309 e. The summed E-state index contributed by atoms with van der Waals surface area (Å²) in [4.78, 5) is 14.7. The van der Waals surface area contributed by atoms with Crippen LogP contribution in [0.1, 0.15) is 25.0 Å². The monoisotopic (exact) mass is 640 g/mol. The van der Waals surface area contributed by atoms with Crippen molar-refractivity contribution < 1.29 is 0 Å². The van der Waals surface area contributed by atoms with Gasteiger partial charge in [0.2, 0.25) is 0 Å². The Bertz CT molecular complexity index is 2700. The molecule has 0 aliphatic heterocycles. The summed E-state index contributed by atoms with van der Waals surface area (Å²) >= 11 is 0. The summed E-state index contributed by atoms with van der Waals surface area (Å²) in [6.07, 6.45) is 4.00. The van der Waals surface area contributed by atoms with E-state index in [1.807, 2.05) is 30.5 Å². The van der Waals surface area contributed by atoms with Gasteiger partial charge in [-0.2, -0.15) is 0 Å². The maximum atomic E-state index is 5.09. The molecule has 1 aliphatic carbocycles. The molecule has 0 N–H and O–H groups in total. The van der Waals surface area contributed by atoms with Crippen molar-refractivity contribution in [2.24, 2.45) is 0 Å². The van der Waals surface area contributed by atoms with Crippen LogP contribution in [0.25, 0.3) is 83.3 Å². The molecule has 0 saturated heterocycles. The molecule has 0 spiro atoms. The molecule has 6 aromatic carbocycles. The maximum Gasteiger partial charge on any atom is 0.160 e. The minimum absolute atomic E-state index is 0.174. The van der Waals surface area contributed by atoms with Crippen molar-refractivity contribution in [2.45, 2.75) is 19.3 Å². The third kappa shape index (κ3) is 4.15. The van der Waals surface area contributed by atoms with Gasteiger partial charge in [-0.25, -0.2) is 9.97 Å². The molecule has 50 heavy (non-hydrogen) atoms. The van der Waals surface area contributed by atoms with Crippen molar-refractivity contribution >= 4 is 32.6 Å². The van der Waals surface area contributed by atoms with Gasteiger partial charge in [0.15, 0.2) is 5.82 Å². The third-order valence-corrected chi connectivity index (χ3v) is 10.5. The number of hydrogen-bond donors (Lipinski definition) is 0. The van der Waals surface area contributed by atoms with Gasteiger partial charge in [-0.1, -0.05) is 129 Å². The first-order valence-electron chi connectivity index (χ1n) is 17.1.